The van der Waals surface area contributed by atoms with Crippen LogP contribution >= 0.6 is 0 Å². The summed E-state index contributed by atoms with van der Waals surface area (Å²) >= 11 is 0. The summed E-state index contributed by atoms with van der Waals surface area (Å²) in [5, 5.41) is 6.38. The molecular weight excluding hydrogens is 286 g/mol. The van der Waals surface area contributed by atoms with Crippen molar-refractivity contribution in [2.75, 3.05) is 13.1 Å². The van der Waals surface area contributed by atoms with Crippen molar-refractivity contribution < 1.29 is 4.79 Å². The molecule has 2 fully saturated rings. The minimum absolute atomic E-state index is 0.0157. The molecule has 2 atom stereocenters. The fourth-order valence-electron chi connectivity index (χ4n) is 3.42. The Morgan fingerprint density at radius 2 is 1.87 bits per heavy atom. The van der Waals surface area contributed by atoms with Gasteiger partial charge in [0.2, 0.25) is 0 Å². The van der Waals surface area contributed by atoms with E-state index in [9.17, 15) is 4.79 Å². The maximum Gasteiger partial charge on any atom is 0.315 e. The number of likely N-dealkylation sites (tertiary alicyclic amines) is 1. The second-order valence-corrected chi connectivity index (χ2v) is 7.42. The fraction of sp³-hybridized carbons (Fsp3) is 0.632. The SMILES string of the molecule is Cc1ccc(C(NC(=O)NC2CCN(C(C)C)C2)C2CC2)cc1. The lowest BCUT2D eigenvalue weighted by Crippen LogP contribution is -2.45. The van der Waals surface area contributed by atoms with Crippen molar-refractivity contribution >= 4 is 6.03 Å². The third-order valence-electron chi connectivity index (χ3n) is 5.10. The Morgan fingerprint density at radius 1 is 1.17 bits per heavy atom. The van der Waals surface area contributed by atoms with Gasteiger partial charge in [-0.1, -0.05) is 29.8 Å². The number of hydrogen-bond donors (Lipinski definition) is 2. The van der Waals surface area contributed by atoms with Crippen molar-refractivity contribution in [3.63, 3.8) is 0 Å². The first-order valence-electron chi connectivity index (χ1n) is 8.90. The lowest BCUT2D eigenvalue weighted by Gasteiger charge is -2.22. The van der Waals surface area contributed by atoms with Gasteiger partial charge in [0.1, 0.15) is 0 Å². The van der Waals surface area contributed by atoms with Gasteiger partial charge in [0.05, 0.1) is 6.04 Å². The van der Waals surface area contributed by atoms with E-state index < -0.39 is 0 Å². The molecule has 1 aromatic rings. The van der Waals surface area contributed by atoms with Crippen LogP contribution in [0, 0.1) is 12.8 Å². The second-order valence-electron chi connectivity index (χ2n) is 7.42. The number of hydrogen-bond acceptors (Lipinski definition) is 2. The van der Waals surface area contributed by atoms with Crippen molar-refractivity contribution in [3.05, 3.63) is 35.4 Å². The zero-order valence-corrected chi connectivity index (χ0v) is 14.5. The molecule has 2 aliphatic rings. The lowest BCUT2D eigenvalue weighted by molar-refractivity contribution is 0.228. The Morgan fingerprint density at radius 3 is 2.43 bits per heavy atom. The summed E-state index contributed by atoms with van der Waals surface area (Å²) in [5.74, 6) is 0.596. The van der Waals surface area contributed by atoms with Crippen molar-refractivity contribution in [2.24, 2.45) is 5.92 Å². The Kier molecular flexibility index (Phi) is 4.90. The number of urea groups is 1. The van der Waals surface area contributed by atoms with Crippen LogP contribution in [0.25, 0.3) is 0 Å². The molecule has 4 nitrogen and oxygen atoms in total. The van der Waals surface area contributed by atoms with Crippen molar-refractivity contribution in [1.29, 1.82) is 0 Å². The molecule has 2 unspecified atom stereocenters. The predicted molar refractivity (Wildman–Crippen MR) is 93.4 cm³/mol. The van der Waals surface area contributed by atoms with Crippen LogP contribution in [-0.2, 0) is 0 Å². The summed E-state index contributed by atoms with van der Waals surface area (Å²) in [5.41, 5.74) is 2.48. The van der Waals surface area contributed by atoms with Crippen LogP contribution in [0.3, 0.4) is 0 Å². The number of nitrogens with zero attached hydrogens (tertiary/aromatic N) is 1. The summed E-state index contributed by atoms with van der Waals surface area (Å²) in [6.07, 6.45) is 3.47. The van der Waals surface area contributed by atoms with E-state index in [2.05, 4.69) is 60.6 Å². The van der Waals surface area contributed by atoms with Gasteiger partial charge in [-0.2, -0.15) is 0 Å². The summed E-state index contributed by atoms with van der Waals surface area (Å²) in [7, 11) is 0. The van der Waals surface area contributed by atoms with Crippen LogP contribution in [0.1, 0.15) is 50.3 Å². The van der Waals surface area contributed by atoms with Crippen LogP contribution in [0.4, 0.5) is 4.79 Å². The summed E-state index contributed by atoms with van der Waals surface area (Å²) in [6.45, 7) is 8.55. The number of nitrogens with one attached hydrogen (secondary N) is 2. The molecular formula is C19H29N3O. The number of benzene rings is 1. The van der Waals surface area contributed by atoms with E-state index in [4.69, 9.17) is 0 Å². The molecule has 1 aliphatic heterocycles. The quantitative estimate of drug-likeness (QED) is 0.876. The summed E-state index contributed by atoms with van der Waals surface area (Å²) < 4.78 is 0. The van der Waals surface area contributed by atoms with E-state index in [0.717, 1.165) is 19.5 Å². The maximum absolute atomic E-state index is 12.4. The highest BCUT2D eigenvalue weighted by atomic mass is 16.2. The molecule has 23 heavy (non-hydrogen) atoms. The molecule has 1 aromatic carbocycles. The molecule has 0 aromatic heterocycles. The van der Waals surface area contributed by atoms with Gasteiger partial charge >= 0.3 is 6.03 Å². The molecule has 2 N–H and O–H groups in total. The van der Waals surface area contributed by atoms with Gasteiger partial charge in [-0.05, 0) is 51.5 Å². The minimum Gasteiger partial charge on any atom is -0.334 e. The van der Waals surface area contributed by atoms with Crippen molar-refractivity contribution in [2.45, 2.75) is 58.2 Å². The molecule has 1 saturated carbocycles. The molecule has 1 saturated heterocycles. The van der Waals surface area contributed by atoms with Crippen molar-refractivity contribution in [3.8, 4) is 0 Å². The molecule has 1 aliphatic carbocycles. The molecule has 0 spiro atoms. The van der Waals surface area contributed by atoms with E-state index in [-0.39, 0.29) is 18.1 Å². The maximum atomic E-state index is 12.4. The van der Waals surface area contributed by atoms with Gasteiger partial charge in [-0.25, -0.2) is 4.79 Å². The van der Waals surface area contributed by atoms with Gasteiger partial charge in [0, 0.05) is 25.2 Å². The zero-order valence-electron chi connectivity index (χ0n) is 14.5. The Hall–Kier alpha value is -1.55. The Balaban J connectivity index is 1.56. The molecule has 2 amide bonds. The molecule has 1 heterocycles. The molecule has 126 valence electrons. The number of carbonyl (C=O) groups excluding carboxylic acids is 1. The Bertz CT molecular complexity index is 536. The average Bonchev–Trinajstić information content (AvgIpc) is 3.25. The van der Waals surface area contributed by atoms with Crippen LogP contribution in [-0.4, -0.2) is 36.1 Å². The van der Waals surface area contributed by atoms with E-state index in [1.807, 2.05) is 0 Å². The first-order chi connectivity index (χ1) is 11.0. The monoisotopic (exact) mass is 315 g/mol. The van der Waals surface area contributed by atoms with Crippen LogP contribution in [0.2, 0.25) is 0 Å². The Labute approximate surface area is 139 Å². The van der Waals surface area contributed by atoms with Crippen LogP contribution in [0.5, 0.6) is 0 Å². The third kappa shape index (κ3) is 4.25. The largest absolute Gasteiger partial charge is 0.334 e. The first kappa shape index (κ1) is 16.3. The van der Waals surface area contributed by atoms with E-state index in [1.165, 1.54) is 24.0 Å². The van der Waals surface area contributed by atoms with Gasteiger partial charge in [-0.3, -0.25) is 4.90 Å². The summed E-state index contributed by atoms with van der Waals surface area (Å²) in [4.78, 5) is 14.8. The fourth-order valence-corrected chi connectivity index (χ4v) is 3.42. The summed E-state index contributed by atoms with van der Waals surface area (Å²) in [6, 6.07) is 9.51. The van der Waals surface area contributed by atoms with Crippen molar-refractivity contribution in [1.82, 2.24) is 15.5 Å². The van der Waals surface area contributed by atoms with Gasteiger partial charge in [-0.15, -0.1) is 0 Å². The van der Waals surface area contributed by atoms with Gasteiger partial charge in [0.25, 0.3) is 0 Å². The normalized spacial score (nSPS) is 23.0. The third-order valence-corrected chi connectivity index (χ3v) is 5.10. The highest BCUT2D eigenvalue weighted by Crippen LogP contribution is 2.41. The van der Waals surface area contributed by atoms with Crippen LogP contribution < -0.4 is 10.6 Å². The van der Waals surface area contributed by atoms with E-state index in [0.29, 0.717) is 12.0 Å². The standard InChI is InChI=1S/C19H29N3O/c1-13(2)22-11-10-17(12-22)20-19(23)21-18(16-8-9-16)15-6-4-14(3)5-7-15/h4-7,13,16-18H,8-12H2,1-3H3,(H2,20,21,23). The smallest absolute Gasteiger partial charge is 0.315 e. The molecule has 0 radical (unpaired) electrons. The molecule has 4 heteroatoms. The highest BCUT2D eigenvalue weighted by molar-refractivity contribution is 5.75. The predicted octanol–water partition coefficient (Wildman–Crippen LogP) is 3.23. The molecule has 3 rings (SSSR count). The topological polar surface area (TPSA) is 44.4 Å². The zero-order chi connectivity index (χ0) is 16.4. The number of carbonyl (C=O) groups is 1. The minimum atomic E-state index is -0.0157. The van der Waals surface area contributed by atoms with Gasteiger partial charge in [0.15, 0.2) is 0 Å². The van der Waals surface area contributed by atoms with Gasteiger partial charge < -0.3 is 10.6 Å². The lowest BCUT2D eigenvalue weighted by atomic mass is 10.0. The average molecular weight is 315 g/mol. The van der Waals surface area contributed by atoms with E-state index >= 15 is 0 Å². The highest BCUT2D eigenvalue weighted by Gasteiger charge is 2.34. The first-order valence-corrected chi connectivity index (χ1v) is 8.90. The molecule has 0 bridgehead atoms. The number of rotatable bonds is 5. The van der Waals surface area contributed by atoms with E-state index in [1.54, 1.807) is 0 Å². The van der Waals surface area contributed by atoms with Crippen LogP contribution in [0.15, 0.2) is 24.3 Å². The number of aryl methyl sites for hydroxylation is 1. The number of amides is 2. The second kappa shape index (κ2) is 6.91.